The molecule has 19 heavy (non-hydrogen) atoms. The number of halogens is 3. The predicted octanol–water partition coefficient (Wildman–Crippen LogP) is 1.75. The lowest BCUT2D eigenvalue weighted by molar-refractivity contribution is -0.140. The van der Waals surface area contributed by atoms with E-state index in [1.807, 2.05) is 0 Å². The average molecular weight is 272 g/mol. The SMILES string of the molecule is COC(=O)Cc1cc(C(F)(F)F)cc(C#N)c1CN. The van der Waals surface area contributed by atoms with Crippen LogP contribution in [0.15, 0.2) is 12.1 Å². The summed E-state index contributed by atoms with van der Waals surface area (Å²) in [6.07, 6.45) is -4.95. The fraction of sp³-hybridized carbons (Fsp3) is 0.333. The number of methoxy groups -OCH3 is 1. The minimum absolute atomic E-state index is 0.0562. The van der Waals surface area contributed by atoms with E-state index in [9.17, 15) is 18.0 Å². The molecule has 1 aromatic rings. The second-order valence-corrected chi connectivity index (χ2v) is 3.73. The maximum absolute atomic E-state index is 12.7. The summed E-state index contributed by atoms with van der Waals surface area (Å²) in [6.45, 7) is -0.132. The second-order valence-electron chi connectivity index (χ2n) is 3.73. The van der Waals surface area contributed by atoms with Gasteiger partial charge in [-0.2, -0.15) is 18.4 Å². The highest BCUT2D eigenvalue weighted by molar-refractivity contribution is 5.73. The number of benzene rings is 1. The highest BCUT2D eigenvalue weighted by atomic mass is 19.4. The van der Waals surface area contributed by atoms with E-state index in [0.717, 1.165) is 19.2 Å². The molecule has 0 aliphatic rings. The molecule has 0 saturated carbocycles. The van der Waals surface area contributed by atoms with Crippen molar-refractivity contribution < 1.29 is 22.7 Å². The quantitative estimate of drug-likeness (QED) is 0.850. The van der Waals surface area contributed by atoms with Crippen molar-refractivity contribution in [1.82, 2.24) is 0 Å². The maximum Gasteiger partial charge on any atom is 0.416 e. The number of alkyl halides is 3. The van der Waals surface area contributed by atoms with E-state index in [0.29, 0.717) is 0 Å². The second kappa shape index (κ2) is 5.71. The first-order valence-electron chi connectivity index (χ1n) is 5.23. The lowest BCUT2D eigenvalue weighted by Gasteiger charge is -2.13. The van der Waals surface area contributed by atoms with Gasteiger partial charge in [-0.15, -0.1) is 0 Å². The van der Waals surface area contributed by atoms with Gasteiger partial charge in [0.1, 0.15) is 0 Å². The van der Waals surface area contributed by atoms with Crippen LogP contribution < -0.4 is 5.73 Å². The molecular formula is C12H11F3N2O2. The van der Waals surface area contributed by atoms with Crippen molar-refractivity contribution >= 4 is 5.97 Å². The van der Waals surface area contributed by atoms with Crippen LogP contribution in [0.1, 0.15) is 22.3 Å². The van der Waals surface area contributed by atoms with Crippen LogP contribution in [0.4, 0.5) is 13.2 Å². The zero-order valence-corrected chi connectivity index (χ0v) is 10.0. The number of hydrogen-bond donors (Lipinski definition) is 1. The fourth-order valence-corrected chi connectivity index (χ4v) is 1.62. The molecule has 0 bridgehead atoms. The van der Waals surface area contributed by atoms with E-state index >= 15 is 0 Å². The molecule has 7 heteroatoms. The van der Waals surface area contributed by atoms with Gasteiger partial charge >= 0.3 is 12.1 Å². The van der Waals surface area contributed by atoms with Crippen LogP contribution in [-0.4, -0.2) is 13.1 Å². The number of carbonyl (C=O) groups excluding carboxylic acids is 1. The van der Waals surface area contributed by atoms with Crippen molar-refractivity contribution in [1.29, 1.82) is 5.26 Å². The summed E-state index contributed by atoms with van der Waals surface area (Å²) >= 11 is 0. The van der Waals surface area contributed by atoms with Gasteiger partial charge in [0.25, 0.3) is 0 Å². The molecule has 2 N–H and O–H groups in total. The van der Waals surface area contributed by atoms with Gasteiger partial charge in [0, 0.05) is 6.54 Å². The number of carbonyl (C=O) groups is 1. The number of ether oxygens (including phenoxy) is 1. The lowest BCUT2D eigenvalue weighted by atomic mass is 9.96. The molecule has 0 aromatic heterocycles. The van der Waals surface area contributed by atoms with E-state index in [4.69, 9.17) is 11.0 Å². The molecule has 0 fully saturated rings. The van der Waals surface area contributed by atoms with Crippen LogP contribution in [0.5, 0.6) is 0 Å². The third-order valence-corrected chi connectivity index (χ3v) is 2.56. The molecule has 0 aliphatic heterocycles. The van der Waals surface area contributed by atoms with Crippen molar-refractivity contribution in [3.05, 3.63) is 34.4 Å². The molecule has 4 nitrogen and oxygen atoms in total. The van der Waals surface area contributed by atoms with E-state index in [2.05, 4.69) is 4.74 Å². The molecule has 0 unspecified atom stereocenters. The topological polar surface area (TPSA) is 76.1 Å². The monoisotopic (exact) mass is 272 g/mol. The van der Waals surface area contributed by atoms with Crippen molar-refractivity contribution in [2.45, 2.75) is 19.1 Å². The number of hydrogen-bond acceptors (Lipinski definition) is 4. The molecule has 0 amide bonds. The van der Waals surface area contributed by atoms with Crippen molar-refractivity contribution in [2.75, 3.05) is 7.11 Å². The Labute approximate surface area is 107 Å². The van der Waals surface area contributed by atoms with E-state index in [1.165, 1.54) is 0 Å². The maximum atomic E-state index is 12.7. The summed E-state index contributed by atoms with van der Waals surface area (Å²) in [5.74, 6) is -0.696. The van der Waals surface area contributed by atoms with Crippen LogP contribution in [0.3, 0.4) is 0 Å². The van der Waals surface area contributed by atoms with Gasteiger partial charge in [-0.05, 0) is 23.3 Å². The van der Waals surface area contributed by atoms with Gasteiger partial charge in [-0.1, -0.05) is 0 Å². The van der Waals surface area contributed by atoms with Crippen LogP contribution in [0, 0.1) is 11.3 Å². The Morgan fingerprint density at radius 3 is 2.53 bits per heavy atom. The number of nitriles is 1. The molecule has 0 atom stereocenters. The molecule has 1 rings (SSSR count). The lowest BCUT2D eigenvalue weighted by Crippen LogP contribution is -2.14. The Morgan fingerprint density at radius 1 is 1.47 bits per heavy atom. The Kier molecular flexibility index (Phi) is 4.51. The van der Waals surface area contributed by atoms with Gasteiger partial charge < -0.3 is 10.5 Å². The zero-order chi connectivity index (χ0) is 14.6. The van der Waals surface area contributed by atoms with Crippen molar-refractivity contribution in [3.63, 3.8) is 0 Å². The number of rotatable bonds is 3. The summed E-state index contributed by atoms with van der Waals surface area (Å²) in [7, 11) is 1.13. The van der Waals surface area contributed by atoms with Gasteiger partial charge in [0.15, 0.2) is 0 Å². The highest BCUT2D eigenvalue weighted by Gasteiger charge is 2.32. The van der Waals surface area contributed by atoms with Crippen LogP contribution in [0.25, 0.3) is 0 Å². The van der Waals surface area contributed by atoms with Crippen molar-refractivity contribution in [2.24, 2.45) is 5.73 Å². The summed E-state index contributed by atoms with van der Waals surface area (Å²) in [6, 6.07) is 3.20. The Balaban J connectivity index is 3.41. The van der Waals surface area contributed by atoms with E-state index in [-0.39, 0.29) is 29.7 Å². The molecule has 102 valence electrons. The average Bonchev–Trinajstić information content (AvgIpc) is 2.36. The molecule has 0 heterocycles. The first-order chi connectivity index (χ1) is 8.83. The number of nitrogens with zero attached hydrogens (tertiary/aromatic N) is 1. The largest absolute Gasteiger partial charge is 0.469 e. The minimum atomic E-state index is -4.59. The summed E-state index contributed by atoms with van der Waals surface area (Å²) in [5.41, 5.74) is 4.53. The standard InChI is InChI=1S/C12H11F3N2O2/c1-19-11(18)4-7-2-9(12(13,14)15)3-8(5-16)10(7)6-17/h2-3H,4,6,17H2,1H3. The molecule has 0 aliphatic carbocycles. The summed E-state index contributed by atoms with van der Waals surface area (Å²) in [4.78, 5) is 11.2. The Bertz CT molecular complexity index is 533. The molecular weight excluding hydrogens is 261 g/mol. The molecule has 0 saturated heterocycles. The first-order valence-corrected chi connectivity index (χ1v) is 5.23. The van der Waals surface area contributed by atoms with Gasteiger partial charge in [0.2, 0.25) is 0 Å². The fourth-order valence-electron chi connectivity index (χ4n) is 1.62. The number of esters is 1. The van der Waals surface area contributed by atoms with Gasteiger partial charge in [0.05, 0.1) is 30.7 Å². The third-order valence-electron chi connectivity index (χ3n) is 2.56. The summed E-state index contributed by atoms with van der Waals surface area (Å²) in [5, 5.41) is 8.87. The van der Waals surface area contributed by atoms with E-state index in [1.54, 1.807) is 6.07 Å². The van der Waals surface area contributed by atoms with Crippen molar-refractivity contribution in [3.8, 4) is 6.07 Å². The first kappa shape index (κ1) is 15.0. The summed E-state index contributed by atoms with van der Waals surface area (Å²) < 4.78 is 42.5. The van der Waals surface area contributed by atoms with Gasteiger partial charge in [-0.3, -0.25) is 4.79 Å². The molecule has 0 radical (unpaired) electrons. The minimum Gasteiger partial charge on any atom is -0.469 e. The smallest absolute Gasteiger partial charge is 0.416 e. The van der Waals surface area contributed by atoms with Gasteiger partial charge in [-0.25, -0.2) is 0 Å². The number of nitrogens with two attached hydrogens (primary N) is 1. The van der Waals surface area contributed by atoms with E-state index < -0.39 is 17.7 Å². The molecule has 0 spiro atoms. The Hall–Kier alpha value is -2.07. The zero-order valence-electron chi connectivity index (χ0n) is 10.0. The normalized spacial score (nSPS) is 10.9. The van der Waals surface area contributed by atoms with Crippen LogP contribution in [0.2, 0.25) is 0 Å². The molecule has 1 aromatic carbocycles. The van der Waals surface area contributed by atoms with Crippen LogP contribution in [-0.2, 0) is 28.7 Å². The predicted molar refractivity (Wildman–Crippen MR) is 59.8 cm³/mol. The highest BCUT2D eigenvalue weighted by Crippen LogP contribution is 2.32. The third kappa shape index (κ3) is 3.45. The Morgan fingerprint density at radius 2 is 2.11 bits per heavy atom. The van der Waals surface area contributed by atoms with Crippen LogP contribution >= 0.6 is 0 Å².